The van der Waals surface area contributed by atoms with Gasteiger partial charge in [0.1, 0.15) is 0 Å². The molecule has 1 aliphatic rings. The number of amides is 2. The zero-order valence-corrected chi connectivity index (χ0v) is 11.7. The number of benzene rings is 1. The van der Waals surface area contributed by atoms with Crippen molar-refractivity contribution in [3.63, 3.8) is 0 Å². The minimum absolute atomic E-state index is 0.00372. The van der Waals surface area contributed by atoms with Crippen molar-refractivity contribution in [1.29, 1.82) is 0 Å². The molecule has 2 N–H and O–H groups in total. The van der Waals surface area contributed by atoms with Crippen LogP contribution in [-0.2, 0) is 15.0 Å². The van der Waals surface area contributed by atoms with Gasteiger partial charge in [-0.05, 0) is 37.6 Å². The number of likely N-dealkylation sites (N-methyl/N-ethyl adjacent to an activating group) is 1. The Morgan fingerprint density at radius 2 is 2.05 bits per heavy atom. The lowest BCUT2D eigenvalue weighted by Crippen LogP contribution is -2.29. The summed E-state index contributed by atoms with van der Waals surface area (Å²) in [5.74, 6) is 0.0120. The predicted molar refractivity (Wildman–Crippen MR) is 75.3 cm³/mol. The van der Waals surface area contributed by atoms with Crippen molar-refractivity contribution in [1.82, 2.24) is 4.90 Å². The normalized spacial score (nSPS) is 15.7. The number of hydrogen-bond acceptors (Lipinski definition) is 3. The lowest BCUT2D eigenvalue weighted by Gasteiger charge is -2.17. The Labute approximate surface area is 113 Å². The van der Waals surface area contributed by atoms with Crippen LogP contribution in [-0.4, -0.2) is 37.4 Å². The van der Waals surface area contributed by atoms with E-state index in [1.165, 1.54) is 4.90 Å². The summed E-state index contributed by atoms with van der Waals surface area (Å²) in [6, 6.07) is 5.66. The number of nitrogens with one attached hydrogen (secondary N) is 2. The molecule has 0 aromatic heterocycles. The first-order chi connectivity index (χ1) is 8.82. The van der Waals surface area contributed by atoms with Gasteiger partial charge in [-0.2, -0.15) is 0 Å². The first-order valence-electron chi connectivity index (χ1n) is 6.22. The first-order valence-corrected chi connectivity index (χ1v) is 6.22. The number of carbonyl (C=O) groups is 2. The van der Waals surface area contributed by atoms with Crippen molar-refractivity contribution < 1.29 is 9.59 Å². The molecule has 5 nitrogen and oxygen atoms in total. The molecule has 0 bridgehead atoms. The Balaban J connectivity index is 2.17. The second-order valence-electron chi connectivity index (χ2n) is 5.48. The van der Waals surface area contributed by atoms with Crippen LogP contribution in [0.2, 0.25) is 0 Å². The van der Waals surface area contributed by atoms with E-state index >= 15 is 0 Å². The Morgan fingerprint density at radius 1 is 1.37 bits per heavy atom. The number of anilines is 2. The highest BCUT2D eigenvalue weighted by Gasteiger charge is 2.38. The molecular weight excluding hydrogens is 242 g/mol. The molecule has 1 aromatic rings. The van der Waals surface area contributed by atoms with Crippen LogP contribution in [0.5, 0.6) is 0 Å². The number of nitrogens with zero attached hydrogens (tertiary/aromatic N) is 1. The predicted octanol–water partition coefficient (Wildman–Crippen LogP) is 1.42. The average molecular weight is 261 g/mol. The van der Waals surface area contributed by atoms with E-state index in [4.69, 9.17) is 0 Å². The van der Waals surface area contributed by atoms with Crippen LogP contribution in [0.15, 0.2) is 18.2 Å². The van der Waals surface area contributed by atoms with E-state index in [9.17, 15) is 9.59 Å². The first kappa shape index (κ1) is 13.4. The molecule has 0 radical (unpaired) electrons. The largest absolute Gasteiger partial charge is 0.376 e. The van der Waals surface area contributed by atoms with E-state index in [0.717, 1.165) is 16.9 Å². The van der Waals surface area contributed by atoms with Gasteiger partial charge in [0.2, 0.25) is 11.8 Å². The van der Waals surface area contributed by atoms with Crippen LogP contribution in [0.3, 0.4) is 0 Å². The summed E-state index contributed by atoms with van der Waals surface area (Å²) in [7, 11) is 3.44. The smallest absolute Gasteiger partial charge is 0.241 e. The van der Waals surface area contributed by atoms with Crippen LogP contribution in [0.1, 0.15) is 19.4 Å². The zero-order valence-electron chi connectivity index (χ0n) is 11.7. The third kappa shape index (κ3) is 2.41. The van der Waals surface area contributed by atoms with Crippen molar-refractivity contribution >= 4 is 23.2 Å². The number of fused-ring (bicyclic) bond motifs is 1. The van der Waals surface area contributed by atoms with Crippen molar-refractivity contribution in [2.75, 3.05) is 31.3 Å². The third-order valence-corrected chi connectivity index (χ3v) is 3.45. The summed E-state index contributed by atoms with van der Waals surface area (Å²) in [6.45, 7) is 4.03. The highest BCUT2D eigenvalue weighted by molar-refractivity contribution is 6.06. The molecular formula is C14H19N3O2. The summed E-state index contributed by atoms with van der Waals surface area (Å²) >= 11 is 0. The van der Waals surface area contributed by atoms with Gasteiger partial charge in [-0.15, -0.1) is 0 Å². The van der Waals surface area contributed by atoms with Crippen molar-refractivity contribution in [2.24, 2.45) is 0 Å². The molecule has 0 saturated carbocycles. The minimum atomic E-state index is -0.529. The average Bonchev–Trinajstić information content (AvgIpc) is 2.57. The molecule has 19 heavy (non-hydrogen) atoms. The molecule has 1 aliphatic heterocycles. The lowest BCUT2D eigenvalue weighted by molar-refractivity contribution is -0.126. The lowest BCUT2D eigenvalue weighted by atomic mass is 9.86. The highest BCUT2D eigenvalue weighted by atomic mass is 16.2. The molecule has 5 heteroatoms. The van der Waals surface area contributed by atoms with E-state index in [-0.39, 0.29) is 18.4 Å². The molecule has 1 heterocycles. The maximum atomic E-state index is 11.8. The highest BCUT2D eigenvalue weighted by Crippen LogP contribution is 2.38. The molecule has 2 amide bonds. The number of hydrogen-bond donors (Lipinski definition) is 2. The summed E-state index contributed by atoms with van der Waals surface area (Å²) in [5, 5.41) is 5.93. The van der Waals surface area contributed by atoms with Gasteiger partial charge in [0.25, 0.3) is 0 Å². The SMILES string of the molecule is CN(C)C(=O)CNc1ccc2c(c1)C(C)(C)C(=O)N2. The van der Waals surface area contributed by atoms with Crippen LogP contribution in [0.25, 0.3) is 0 Å². The Kier molecular flexibility index (Phi) is 3.22. The standard InChI is InChI=1S/C14H19N3O2/c1-14(2)10-7-9(15-8-12(18)17(3)4)5-6-11(10)16-13(14)19/h5-7,15H,8H2,1-4H3,(H,16,19). The maximum absolute atomic E-state index is 11.8. The van der Waals surface area contributed by atoms with E-state index in [1.54, 1.807) is 14.1 Å². The number of rotatable bonds is 3. The molecule has 0 saturated heterocycles. The molecule has 0 unspecified atom stereocenters. The summed E-state index contributed by atoms with van der Waals surface area (Å²) in [4.78, 5) is 24.9. The van der Waals surface area contributed by atoms with Gasteiger partial charge in [0, 0.05) is 25.5 Å². The molecule has 0 aliphatic carbocycles. The van der Waals surface area contributed by atoms with Crippen LogP contribution < -0.4 is 10.6 Å². The van der Waals surface area contributed by atoms with E-state index < -0.39 is 5.41 Å². The molecule has 2 rings (SSSR count). The second-order valence-corrected chi connectivity index (χ2v) is 5.48. The Bertz CT molecular complexity index is 535. The second kappa shape index (κ2) is 4.57. The fraction of sp³-hybridized carbons (Fsp3) is 0.429. The maximum Gasteiger partial charge on any atom is 0.241 e. The van der Waals surface area contributed by atoms with Crippen LogP contribution in [0.4, 0.5) is 11.4 Å². The van der Waals surface area contributed by atoms with Crippen molar-refractivity contribution in [2.45, 2.75) is 19.3 Å². The Morgan fingerprint density at radius 3 is 2.68 bits per heavy atom. The van der Waals surface area contributed by atoms with Crippen molar-refractivity contribution in [3.05, 3.63) is 23.8 Å². The molecule has 0 fully saturated rings. The molecule has 1 aromatic carbocycles. The molecule has 0 spiro atoms. The van der Waals surface area contributed by atoms with E-state index in [0.29, 0.717) is 0 Å². The van der Waals surface area contributed by atoms with Gasteiger partial charge in [0.05, 0.1) is 12.0 Å². The van der Waals surface area contributed by atoms with Gasteiger partial charge in [-0.1, -0.05) is 0 Å². The van der Waals surface area contributed by atoms with E-state index in [2.05, 4.69) is 10.6 Å². The fourth-order valence-corrected chi connectivity index (χ4v) is 2.02. The quantitative estimate of drug-likeness (QED) is 0.865. The third-order valence-electron chi connectivity index (χ3n) is 3.45. The van der Waals surface area contributed by atoms with Gasteiger partial charge in [-0.3, -0.25) is 9.59 Å². The van der Waals surface area contributed by atoms with Gasteiger partial charge < -0.3 is 15.5 Å². The van der Waals surface area contributed by atoms with Gasteiger partial charge in [0.15, 0.2) is 0 Å². The number of carbonyl (C=O) groups excluding carboxylic acids is 2. The molecule has 0 atom stereocenters. The van der Waals surface area contributed by atoms with Crippen LogP contribution in [0, 0.1) is 0 Å². The van der Waals surface area contributed by atoms with Crippen LogP contribution >= 0.6 is 0 Å². The van der Waals surface area contributed by atoms with Gasteiger partial charge >= 0.3 is 0 Å². The summed E-state index contributed by atoms with van der Waals surface area (Å²) in [5.41, 5.74) is 2.12. The zero-order chi connectivity index (χ0) is 14.2. The topological polar surface area (TPSA) is 61.4 Å². The van der Waals surface area contributed by atoms with Gasteiger partial charge in [-0.25, -0.2) is 0 Å². The monoisotopic (exact) mass is 261 g/mol. The summed E-state index contributed by atoms with van der Waals surface area (Å²) < 4.78 is 0. The fourth-order valence-electron chi connectivity index (χ4n) is 2.02. The summed E-state index contributed by atoms with van der Waals surface area (Å²) in [6.07, 6.45) is 0. The minimum Gasteiger partial charge on any atom is -0.376 e. The Hall–Kier alpha value is -2.04. The van der Waals surface area contributed by atoms with Crippen molar-refractivity contribution in [3.8, 4) is 0 Å². The van der Waals surface area contributed by atoms with E-state index in [1.807, 2.05) is 32.0 Å². The molecule has 102 valence electrons.